The number of rotatable bonds is 4. The summed E-state index contributed by atoms with van der Waals surface area (Å²) in [7, 11) is 0. The number of hydrogen-bond donors (Lipinski definition) is 1. The van der Waals surface area contributed by atoms with Crippen LogP contribution in [0.15, 0.2) is 30.6 Å². The second kappa shape index (κ2) is 7.31. The molecule has 1 aromatic carbocycles. The van der Waals surface area contributed by atoms with Crippen molar-refractivity contribution >= 4 is 35.4 Å². The van der Waals surface area contributed by atoms with Crippen molar-refractivity contribution in [1.82, 2.24) is 9.78 Å². The molecule has 0 radical (unpaired) electrons. The minimum absolute atomic E-state index is 0. The largest absolute Gasteiger partial charge is 0.398 e. The number of nitro groups is 1. The van der Waals surface area contributed by atoms with Crippen molar-refractivity contribution in [2.45, 2.75) is 25.8 Å². The van der Waals surface area contributed by atoms with Crippen molar-refractivity contribution in [3.63, 3.8) is 0 Å². The molecule has 8 nitrogen and oxygen atoms in total. The molecule has 0 spiro atoms. The van der Waals surface area contributed by atoms with Crippen molar-refractivity contribution in [3.8, 4) is 0 Å². The summed E-state index contributed by atoms with van der Waals surface area (Å²) in [6.07, 6.45) is 4.49. The summed E-state index contributed by atoms with van der Waals surface area (Å²) in [6.45, 7) is 0.968. The molecule has 0 aliphatic carbocycles. The van der Waals surface area contributed by atoms with Gasteiger partial charge in [-0.15, -0.1) is 12.4 Å². The van der Waals surface area contributed by atoms with Gasteiger partial charge in [0.05, 0.1) is 4.92 Å². The van der Waals surface area contributed by atoms with Crippen LogP contribution in [0.25, 0.3) is 0 Å². The van der Waals surface area contributed by atoms with Gasteiger partial charge in [-0.3, -0.25) is 19.6 Å². The first kappa shape index (κ1) is 17.7. The highest BCUT2D eigenvalue weighted by Gasteiger charge is 2.23. The summed E-state index contributed by atoms with van der Waals surface area (Å²) in [6, 6.07) is 5.59. The van der Waals surface area contributed by atoms with E-state index in [1.54, 1.807) is 4.90 Å². The van der Waals surface area contributed by atoms with Crippen LogP contribution >= 0.6 is 12.4 Å². The molecule has 2 aromatic rings. The molecule has 9 heteroatoms. The number of nitrogen functional groups attached to an aromatic ring is 1. The second-order valence-electron chi connectivity index (χ2n) is 5.46. The number of nitrogens with two attached hydrogens (primary N) is 1. The number of nitrogens with zero attached hydrogens (tertiary/aromatic N) is 4. The normalized spacial score (nSPS) is 13.1. The minimum atomic E-state index is -0.505. The fourth-order valence-corrected chi connectivity index (χ4v) is 2.83. The van der Waals surface area contributed by atoms with Gasteiger partial charge < -0.3 is 10.6 Å². The number of aryl methyl sites for hydroxylation is 1. The van der Waals surface area contributed by atoms with Gasteiger partial charge in [0.1, 0.15) is 12.4 Å². The molecule has 0 fully saturated rings. The third kappa shape index (κ3) is 3.48. The van der Waals surface area contributed by atoms with Crippen LogP contribution in [0, 0.1) is 10.1 Å². The summed E-state index contributed by atoms with van der Waals surface area (Å²) in [4.78, 5) is 24.4. The Morgan fingerprint density at radius 1 is 1.42 bits per heavy atom. The van der Waals surface area contributed by atoms with Crippen LogP contribution in [-0.2, 0) is 17.8 Å². The van der Waals surface area contributed by atoms with Crippen molar-refractivity contribution in [1.29, 1.82) is 0 Å². The van der Waals surface area contributed by atoms with Crippen LogP contribution in [0.3, 0.4) is 0 Å². The highest BCUT2D eigenvalue weighted by atomic mass is 35.5. The third-order valence-electron chi connectivity index (χ3n) is 3.97. The number of aromatic nitrogens is 2. The second-order valence-corrected chi connectivity index (χ2v) is 5.46. The molecule has 128 valence electrons. The standard InChI is InChI=1S/C15H17N5O3.ClH/c16-13-4-1-5-14-12(13)3-2-7-19(14)15(21)6-8-18-10-11(9-17-18)20(22)23;/h1,4-5,9-10H,2-3,6-8,16H2;1H. The maximum atomic E-state index is 12.5. The molecule has 0 atom stereocenters. The zero-order chi connectivity index (χ0) is 16.4. The molecular formula is C15H18ClN5O3. The number of fused-ring (bicyclic) bond motifs is 1. The van der Waals surface area contributed by atoms with E-state index in [0.29, 0.717) is 18.8 Å². The number of hydrogen-bond acceptors (Lipinski definition) is 5. The maximum Gasteiger partial charge on any atom is 0.306 e. The predicted molar refractivity (Wildman–Crippen MR) is 92.3 cm³/mol. The summed E-state index contributed by atoms with van der Waals surface area (Å²) in [5, 5.41) is 14.5. The van der Waals surface area contributed by atoms with E-state index in [-0.39, 0.29) is 30.4 Å². The molecule has 0 saturated carbocycles. The Labute approximate surface area is 144 Å². The van der Waals surface area contributed by atoms with E-state index in [0.717, 1.165) is 24.1 Å². The van der Waals surface area contributed by atoms with Gasteiger partial charge in [-0.1, -0.05) is 6.07 Å². The monoisotopic (exact) mass is 351 g/mol. The Morgan fingerprint density at radius 3 is 2.92 bits per heavy atom. The summed E-state index contributed by atoms with van der Waals surface area (Å²) in [5.41, 5.74) is 8.50. The molecule has 2 heterocycles. The molecule has 24 heavy (non-hydrogen) atoms. The Morgan fingerprint density at radius 2 is 2.21 bits per heavy atom. The topological polar surface area (TPSA) is 107 Å². The van der Waals surface area contributed by atoms with Crippen LogP contribution in [-0.4, -0.2) is 27.2 Å². The molecule has 1 amide bonds. The predicted octanol–water partition coefficient (Wildman–Crippen LogP) is 2.16. The number of carbonyl (C=O) groups excluding carboxylic acids is 1. The molecule has 1 aliphatic heterocycles. The number of benzene rings is 1. The van der Waals surface area contributed by atoms with Crippen molar-refractivity contribution in [2.24, 2.45) is 0 Å². The Balaban J connectivity index is 0.00000208. The Bertz CT molecular complexity index is 761. The van der Waals surface area contributed by atoms with Crippen LogP contribution < -0.4 is 10.6 Å². The van der Waals surface area contributed by atoms with Gasteiger partial charge in [0.15, 0.2) is 0 Å². The SMILES string of the molecule is Cl.Nc1cccc2c1CCCN2C(=O)CCn1cc([N+](=O)[O-])cn1. The van der Waals surface area contributed by atoms with Crippen LogP contribution in [0.5, 0.6) is 0 Å². The van der Waals surface area contributed by atoms with Crippen LogP contribution in [0.2, 0.25) is 0 Å². The molecule has 0 bridgehead atoms. The quantitative estimate of drug-likeness (QED) is 0.516. The third-order valence-corrected chi connectivity index (χ3v) is 3.97. The van der Waals surface area contributed by atoms with Gasteiger partial charge in [-0.25, -0.2) is 0 Å². The van der Waals surface area contributed by atoms with Gasteiger partial charge in [0.2, 0.25) is 5.91 Å². The molecular weight excluding hydrogens is 334 g/mol. The lowest BCUT2D eigenvalue weighted by Gasteiger charge is -2.30. The zero-order valence-electron chi connectivity index (χ0n) is 12.9. The van der Waals surface area contributed by atoms with Gasteiger partial charge in [-0.05, 0) is 30.5 Å². The number of amides is 1. The van der Waals surface area contributed by atoms with Crippen molar-refractivity contribution in [2.75, 3.05) is 17.2 Å². The number of anilines is 2. The van der Waals surface area contributed by atoms with E-state index in [1.165, 1.54) is 17.1 Å². The molecule has 1 aromatic heterocycles. The number of halogens is 1. The summed E-state index contributed by atoms with van der Waals surface area (Å²) >= 11 is 0. The van der Waals surface area contributed by atoms with Gasteiger partial charge in [0.25, 0.3) is 0 Å². The van der Waals surface area contributed by atoms with E-state index in [1.807, 2.05) is 18.2 Å². The first-order valence-corrected chi connectivity index (χ1v) is 7.41. The maximum absolute atomic E-state index is 12.5. The lowest BCUT2D eigenvalue weighted by Crippen LogP contribution is -2.36. The summed E-state index contributed by atoms with van der Waals surface area (Å²) < 4.78 is 1.42. The lowest BCUT2D eigenvalue weighted by atomic mass is 9.99. The zero-order valence-corrected chi connectivity index (χ0v) is 13.7. The first-order valence-electron chi connectivity index (χ1n) is 7.41. The molecule has 2 N–H and O–H groups in total. The van der Waals surface area contributed by atoms with Gasteiger partial charge in [0, 0.05) is 30.9 Å². The Hall–Kier alpha value is -2.61. The molecule has 0 saturated heterocycles. The van der Waals surface area contributed by atoms with E-state index < -0.39 is 4.92 Å². The lowest BCUT2D eigenvalue weighted by molar-refractivity contribution is -0.385. The minimum Gasteiger partial charge on any atom is -0.398 e. The average Bonchev–Trinajstić information content (AvgIpc) is 3.02. The van der Waals surface area contributed by atoms with E-state index in [2.05, 4.69) is 5.10 Å². The average molecular weight is 352 g/mol. The smallest absolute Gasteiger partial charge is 0.306 e. The molecule has 1 aliphatic rings. The van der Waals surface area contributed by atoms with E-state index in [9.17, 15) is 14.9 Å². The van der Waals surface area contributed by atoms with Crippen molar-refractivity contribution < 1.29 is 9.72 Å². The van der Waals surface area contributed by atoms with Crippen LogP contribution in [0.4, 0.5) is 17.1 Å². The molecule has 0 unspecified atom stereocenters. The van der Waals surface area contributed by atoms with E-state index >= 15 is 0 Å². The Kier molecular flexibility index (Phi) is 5.40. The highest BCUT2D eigenvalue weighted by Crippen LogP contribution is 2.31. The van der Waals surface area contributed by atoms with Gasteiger partial charge in [-0.2, -0.15) is 5.10 Å². The first-order chi connectivity index (χ1) is 11.1. The highest BCUT2D eigenvalue weighted by molar-refractivity contribution is 5.95. The van der Waals surface area contributed by atoms with E-state index in [4.69, 9.17) is 5.73 Å². The van der Waals surface area contributed by atoms with Gasteiger partial charge >= 0.3 is 5.69 Å². The summed E-state index contributed by atoms with van der Waals surface area (Å²) in [5.74, 6) is -0.0327. The molecule has 3 rings (SSSR count). The fourth-order valence-electron chi connectivity index (χ4n) is 2.83. The fraction of sp³-hybridized carbons (Fsp3) is 0.333. The number of carbonyl (C=O) groups is 1. The van der Waals surface area contributed by atoms with Crippen LogP contribution in [0.1, 0.15) is 18.4 Å². The van der Waals surface area contributed by atoms with Crippen molar-refractivity contribution in [3.05, 3.63) is 46.3 Å².